The molecule has 1 aliphatic rings. The van der Waals surface area contributed by atoms with Crippen molar-refractivity contribution in [2.24, 2.45) is 12.5 Å². The lowest BCUT2D eigenvalue weighted by molar-refractivity contribution is -0.124. The third-order valence-corrected chi connectivity index (χ3v) is 3.04. The molecule has 1 N–H and O–H groups in total. The number of aliphatic hydroxyl groups is 1. The highest BCUT2D eigenvalue weighted by Gasteiger charge is 2.35. The van der Waals surface area contributed by atoms with E-state index in [0.29, 0.717) is 12.3 Å². The molecule has 21 heavy (non-hydrogen) atoms. The summed E-state index contributed by atoms with van der Waals surface area (Å²) in [4.78, 5) is 13.5. The molecule has 1 saturated heterocycles. The first-order chi connectivity index (χ1) is 9.74. The fraction of sp³-hybridized carbons (Fsp3) is 0.600. The summed E-state index contributed by atoms with van der Waals surface area (Å²) in [6, 6.07) is 0. The van der Waals surface area contributed by atoms with E-state index in [1.807, 2.05) is 20.8 Å². The number of aromatic nitrogens is 2. The molecule has 6 heteroatoms. The molecule has 2 heterocycles. The SMILES string of the molecule is Cn1cc(O[C@@H]2CN(C(=O)C#CC(C)(C)C)C[C@H]2O)cn1. The second kappa shape index (κ2) is 5.78. The number of amides is 1. The zero-order valence-electron chi connectivity index (χ0n) is 12.8. The van der Waals surface area contributed by atoms with Crippen molar-refractivity contribution in [3.63, 3.8) is 0 Å². The molecule has 1 amide bonds. The lowest BCUT2D eigenvalue weighted by Crippen LogP contribution is -2.30. The summed E-state index contributed by atoms with van der Waals surface area (Å²) in [5.74, 6) is 5.84. The highest BCUT2D eigenvalue weighted by molar-refractivity contribution is 5.93. The molecule has 6 nitrogen and oxygen atoms in total. The van der Waals surface area contributed by atoms with Gasteiger partial charge in [-0.2, -0.15) is 5.10 Å². The van der Waals surface area contributed by atoms with Crippen molar-refractivity contribution < 1.29 is 14.6 Å². The average Bonchev–Trinajstić information content (AvgIpc) is 2.93. The summed E-state index contributed by atoms with van der Waals surface area (Å²) in [6.07, 6.45) is 2.13. The molecular formula is C15H21N3O3. The van der Waals surface area contributed by atoms with Crippen molar-refractivity contribution in [2.75, 3.05) is 13.1 Å². The van der Waals surface area contributed by atoms with Crippen LogP contribution in [0.1, 0.15) is 20.8 Å². The number of nitrogens with zero attached hydrogens (tertiary/aromatic N) is 3. The number of hydrogen-bond donors (Lipinski definition) is 1. The Balaban J connectivity index is 1.97. The Morgan fingerprint density at radius 3 is 2.76 bits per heavy atom. The van der Waals surface area contributed by atoms with Crippen LogP contribution >= 0.6 is 0 Å². The minimum absolute atomic E-state index is 0.223. The second-order valence-electron chi connectivity index (χ2n) is 6.28. The van der Waals surface area contributed by atoms with Crippen LogP contribution in [0.4, 0.5) is 0 Å². The smallest absolute Gasteiger partial charge is 0.298 e. The van der Waals surface area contributed by atoms with Crippen molar-refractivity contribution in [2.45, 2.75) is 33.0 Å². The number of likely N-dealkylation sites (tertiary alicyclic amines) is 1. The maximum Gasteiger partial charge on any atom is 0.298 e. The fourth-order valence-corrected chi connectivity index (χ4v) is 1.99. The molecule has 1 aliphatic heterocycles. The van der Waals surface area contributed by atoms with Crippen LogP contribution in [-0.4, -0.2) is 51.0 Å². The van der Waals surface area contributed by atoms with Gasteiger partial charge in [0.25, 0.3) is 5.91 Å². The minimum atomic E-state index is -0.717. The third-order valence-electron chi connectivity index (χ3n) is 3.04. The van der Waals surface area contributed by atoms with Crippen LogP contribution in [-0.2, 0) is 11.8 Å². The maximum atomic E-state index is 12.0. The molecule has 0 spiro atoms. The van der Waals surface area contributed by atoms with Crippen LogP contribution in [0.15, 0.2) is 12.4 Å². The van der Waals surface area contributed by atoms with Gasteiger partial charge in [-0.05, 0) is 26.7 Å². The highest BCUT2D eigenvalue weighted by Crippen LogP contribution is 2.18. The van der Waals surface area contributed by atoms with E-state index in [1.165, 1.54) is 4.90 Å². The first-order valence-electron chi connectivity index (χ1n) is 6.90. The Kier molecular flexibility index (Phi) is 4.24. The zero-order chi connectivity index (χ0) is 15.6. The van der Waals surface area contributed by atoms with Crippen LogP contribution in [0.5, 0.6) is 5.75 Å². The van der Waals surface area contributed by atoms with Crippen LogP contribution in [0.2, 0.25) is 0 Å². The molecule has 0 saturated carbocycles. The predicted molar refractivity (Wildman–Crippen MR) is 77.4 cm³/mol. The Morgan fingerprint density at radius 1 is 1.48 bits per heavy atom. The van der Waals surface area contributed by atoms with Gasteiger partial charge in [-0.3, -0.25) is 9.48 Å². The van der Waals surface area contributed by atoms with E-state index in [4.69, 9.17) is 4.74 Å². The molecular weight excluding hydrogens is 270 g/mol. The third kappa shape index (κ3) is 4.23. The Bertz CT molecular complexity index is 577. The topological polar surface area (TPSA) is 67.6 Å². The van der Waals surface area contributed by atoms with Gasteiger partial charge in [-0.25, -0.2) is 0 Å². The monoisotopic (exact) mass is 291 g/mol. The molecule has 2 atom stereocenters. The summed E-state index contributed by atoms with van der Waals surface area (Å²) < 4.78 is 7.28. The van der Waals surface area contributed by atoms with Crippen molar-refractivity contribution in [1.82, 2.24) is 14.7 Å². The van der Waals surface area contributed by atoms with E-state index in [0.717, 1.165) is 0 Å². The van der Waals surface area contributed by atoms with Crippen LogP contribution < -0.4 is 4.74 Å². The number of carbonyl (C=O) groups is 1. The molecule has 1 aromatic rings. The molecule has 1 fully saturated rings. The van der Waals surface area contributed by atoms with Gasteiger partial charge in [0.1, 0.15) is 12.2 Å². The van der Waals surface area contributed by atoms with Crippen LogP contribution in [0.25, 0.3) is 0 Å². The molecule has 1 aromatic heterocycles. The van der Waals surface area contributed by atoms with Gasteiger partial charge < -0.3 is 14.7 Å². The summed E-state index contributed by atoms with van der Waals surface area (Å²) in [6.45, 7) is 6.40. The van der Waals surface area contributed by atoms with Crippen molar-refractivity contribution in [3.8, 4) is 17.6 Å². The van der Waals surface area contributed by atoms with Gasteiger partial charge in [0, 0.05) is 12.5 Å². The number of aliphatic hydroxyl groups excluding tert-OH is 1. The molecule has 114 valence electrons. The standard InChI is InChI=1S/C15H21N3O3/c1-15(2,3)6-5-14(20)18-9-12(19)13(10-18)21-11-7-16-17(4)8-11/h7-8,12-13,19H,9-10H2,1-4H3/t12-,13-/m1/s1. The van der Waals surface area contributed by atoms with Crippen molar-refractivity contribution in [3.05, 3.63) is 12.4 Å². The van der Waals surface area contributed by atoms with Gasteiger partial charge in [-0.1, -0.05) is 5.92 Å². The molecule has 0 aliphatic carbocycles. The van der Waals surface area contributed by atoms with Gasteiger partial charge in [0.2, 0.25) is 0 Å². The van der Waals surface area contributed by atoms with E-state index in [9.17, 15) is 9.90 Å². The highest BCUT2D eigenvalue weighted by atomic mass is 16.5. The zero-order valence-corrected chi connectivity index (χ0v) is 12.8. The first kappa shape index (κ1) is 15.4. The van der Waals surface area contributed by atoms with Gasteiger partial charge >= 0.3 is 0 Å². The van der Waals surface area contributed by atoms with E-state index in [1.54, 1.807) is 24.1 Å². The number of ether oxygens (including phenoxy) is 1. The minimum Gasteiger partial charge on any atom is -0.482 e. The number of aryl methyl sites for hydroxylation is 1. The molecule has 0 unspecified atom stereocenters. The van der Waals surface area contributed by atoms with Crippen molar-refractivity contribution in [1.29, 1.82) is 0 Å². The van der Waals surface area contributed by atoms with E-state index >= 15 is 0 Å². The largest absolute Gasteiger partial charge is 0.482 e. The van der Waals surface area contributed by atoms with Crippen LogP contribution in [0.3, 0.4) is 0 Å². The van der Waals surface area contributed by atoms with Gasteiger partial charge in [-0.15, -0.1) is 0 Å². The second-order valence-corrected chi connectivity index (χ2v) is 6.28. The lowest BCUT2D eigenvalue weighted by atomic mass is 9.98. The normalized spacial score (nSPS) is 21.9. The summed E-state index contributed by atoms with van der Waals surface area (Å²) in [7, 11) is 1.79. The predicted octanol–water partition coefficient (Wildman–Crippen LogP) is 0.420. The number of β-amino-alcohol motifs (C(OH)–C–C–N with tert-alkyl or cyclic N) is 1. The summed E-state index contributed by atoms with van der Waals surface area (Å²) in [5.41, 5.74) is -0.223. The van der Waals surface area contributed by atoms with Crippen LogP contribution in [0, 0.1) is 17.3 Å². The Labute approximate surface area is 124 Å². The Hall–Kier alpha value is -2.00. The number of carbonyl (C=O) groups excluding carboxylic acids is 1. The number of hydrogen-bond acceptors (Lipinski definition) is 4. The van der Waals surface area contributed by atoms with Crippen molar-refractivity contribution >= 4 is 5.91 Å². The first-order valence-corrected chi connectivity index (χ1v) is 6.90. The maximum absolute atomic E-state index is 12.0. The number of rotatable bonds is 2. The molecule has 0 radical (unpaired) electrons. The lowest BCUT2D eigenvalue weighted by Gasteiger charge is -2.14. The summed E-state index contributed by atoms with van der Waals surface area (Å²) >= 11 is 0. The average molecular weight is 291 g/mol. The fourth-order valence-electron chi connectivity index (χ4n) is 1.99. The molecule has 0 bridgehead atoms. The Morgan fingerprint density at radius 2 is 2.19 bits per heavy atom. The van der Waals surface area contributed by atoms with E-state index < -0.39 is 12.2 Å². The quantitative estimate of drug-likeness (QED) is 0.802. The van der Waals surface area contributed by atoms with Gasteiger partial charge in [0.05, 0.1) is 25.5 Å². The van der Waals surface area contributed by atoms with E-state index in [2.05, 4.69) is 16.9 Å². The molecule has 2 rings (SSSR count). The molecule has 0 aromatic carbocycles. The van der Waals surface area contributed by atoms with E-state index in [-0.39, 0.29) is 17.9 Å². The summed E-state index contributed by atoms with van der Waals surface area (Å²) in [5, 5.41) is 14.0. The van der Waals surface area contributed by atoms with Gasteiger partial charge in [0.15, 0.2) is 5.75 Å².